The molecule has 0 saturated carbocycles. The third-order valence-electron chi connectivity index (χ3n) is 2.68. The first kappa shape index (κ1) is 15.5. The molecule has 0 bridgehead atoms. The lowest BCUT2D eigenvalue weighted by molar-refractivity contribution is -0.115. The topological polar surface area (TPSA) is 78.4 Å². The van der Waals surface area contributed by atoms with Crippen LogP contribution in [0.4, 0.5) is 5.69 Å². The van der Waals surface area contributed by atoms with E-state index < -0.39 is 5.97 Å². The number of nitrogens with one attached hydrogen (secondary N) is 2. The Hall–Kier alpha value is -1.89. The van der Waals surface area contributed by atoms with Crippen LogP contribution in [0.15, 0.2) is 35.0 Å². The molecule has 1 aromatic carbocycles. The minimum atomic E-state index is -1.07. The monoisotopic (exact) mass is 324 g/mol. The molecule has 0 aliphatic heterocycles. The smallest absolute Gasteiger partial charge is 0.335 e. The van der Waals surface area contributed by atoms with Crippen LogP contribution >= 0.6 is 22.9 Å². The Morgan fingerprint density at radius 3 is 2.76 bits per heavy atom. The maximum Gasteiger partial charge on any atom is 0.335 e. The van der Waals surface area contributed by atoms with E-state index in [1.807, 2.05) is 16.8 Å². The van der Waals surface area contributed by atoms with Gasteiger partial charge in [0.15, 0.2) is 0 Å². The lowest BCUT2D eigenvalue weighted by Crippen LogP contribution is -2.27. The van der Waals surface area contributed by atoms with Crippen molar-refractivity contribution in [3.05, 3.63) is 51.2 Å². The van der Waals surface area contributed by atoms with Crippen molar-refractivity contribution >= 4 is 40.5 Å². The van der Waals surface area contributed by atoms with Gasteiger partial charge in [-0.25, -0.2) is 4.79 Å². The predicted molar refractivity (Wildman–Crippen MR) is 83.1 cm³/mol. The van der Waals surface area contributed by atoms with Crippen molar-refractivity contribution in [2.45, 2.75) is 6.54 Å². The summed E-state index contributed by atoms with van der Waals surface area (Å²) in [5.74, 6) is -1.35. The maximum absolute atomic E-state index is 11.8. The Labute approximate surface area is 130 Å². The van der Waals surface area contributed by atoms with Crippen LogP contribution < -0.4 is 10.6 Å². The van der Waals surface area contributed by atoms with Crippen molar-refractivity contribution in [2.24, 2.45) is 0 Å². The van der Waals surface area contributed by atoms with E-state index in [9.17, 15) is 9.59 Å². The second-order valence-corrected chi connectivity index (χ2v) is 5.47. The third-order valence-corrected chi connectivity index (χ3v) is 3.74. The summed E-state index contributed by atoms with van der Waals surface area (Å²) >= 11 is 7.53. The lowest BCUT2D eigenvalue weighted by Gasteiger charge is -2.09. The Morgan fingerprint density at radius 1 is 1.29 bits per heavy atom. The molecular formula is C14H13ClN2O3S. The van der Waals surface area contributed by atoms with E-state index in [0.29, 0.717) is 17.3 Å². The minimum Gasteiger partial charge on any atom is -0.478 e. The molecule has 21 heavy (non-hydrogen) atoms. The Bertz CT molecular complexity index is 644. The number of aromatic carboxylic acids is 1. The average molecular weight is 325 g/mol. The van der Waals surface area contributed by atoms with Crippen molar-refractivity contribution in [3.8, 4) is 0 Å². The molecule has 110 valence electrons. The number of anilines is 1. The van der Waals surface area contributed by atoms with Crippen molar-refractivity contribution in [1.82, 2.24) is 5.32 Å². The summed E-state index contributed by atoms with van der Waals surface area (Å²) in [6.07, 6.45) is 0. The zero-order chi connectivity index (χ0) is 15.2. The van der Waals surface area contributed by atoms with Crippen LogP contribution in [0.2, 0.25) is 5.02 Å². The molecule has 0 aliphatic rings. The fraction of sp³-hybridized carbons (Fsp3) is 0.143. The number of thiophene rings is 1. The number of benzene rings is 1. The molecule has 5 nitrogen and oxygen atoms in total. The molecule has 0 aliphatic carbocycles. The fourth-order valence-electron chi connectivity index (χ4n) is 1.66. The third kappa shape index (κ3) is 4.56. The van der Waals surface area contributed by atoms with Crippen LogP contribution in [0.25, 0.3) is 0 Å². The molecule has 2 aromatic rings. The second-order valence-electron chi connectivity index (χ2n) is 4.28. The largest absolute Gasteiger partial charge is 0.478 e. The number of hydrogen-bond acceptors (Lipinski definition) is 4. The van der Waals surface area contributed by atoms with Crippen LogP contribution in [0.5, 0.6) is 0 Å². The molecule has 1 aromatic heterocycles. The van der Waals surface area contributed by atoms with Crippen LogP contribution in [0, 0.1) is 0 Å². The Kier molecular flexibility index (Phi) is 5.32. The first-order chi connectivity index (χ1) is 10.1. The van der Waals surface area contributed by atoms with Gasteiger partial charge in [-0.3, -0.25) is 4.79 Å². The van der Waals surface area contributed by atoms with Gasteiger partial charge in [-0.15, -0.1) is 0 Å². The van der Waals surface area contributed by atoms with Gasteiger partial charge in [0, 0.05) is 6.54 Å². The van der Waals surface area contributed by atoms with Gasteiger partial charge in [0.25, 0.3) is 0 Å². The average Bonchev–Trinajstić information content (AvgIpc) is 2.94. The van der Waals surface area contributed by atoms with Crippen molar-refractivity contribution in [2.75, 3.05) is 11.9 Å². The number of carbonyl (C=O) groups excluding carboxylic acids is 1. The molecule has 7 heteroatoms. The normalized spacial score (nSPS) is 10.3. The molecule has 0 fully saturated rings. The zero-order valence-corrected chi connectivity index (χ0v) is 12.5. The summed E-state index contributed by atoms with van der Waals surface area (Å²) in [6, 6.07) is 6.14. The van der Waals surface area contributed by atoms with E-state index in [1.54, 1.807) is 11.3 Å². The van der Waals surface area contributed by atoms with Crippen LogP contribution in [0.1, 0.15) is 15.9 Å². The summed E-state index contributed by atoms with van der Waals surface area (Å²) in [7, 11) is 0. The van der Waals surface area contributed by atoms with Gasteiger partial charge in [0.2, 0.25) is 5.91 Å². The SMILES string of the molecule is O=C(CNCc1ccsc1)Nc1cc(C(=O)O)ccc1Cl. The van der Waals surface area contributed by atoms with Crippen molar-refractivity contribution < 1.29 is 14.7 Å². The number of carboxylic acids is 1. The molecule has 0 saturated heterocycles. The molecule has 0 unspecified atom stereocenters. The van der Waals surface area contributed by atoms with Gasteiger partial charge in [-0.05, 0) is 40.6 Å². The maximum atomic E-state index is 11.8. The summed E-state index contributed by atoms with van der Waals surface area (Å²) in [5.41, 5.74) is 1.47. The van der Waals surface area contributed by atoms with Gasteiger partial charge in [0.05, 0.1) is 22.8 Å². The van der Waals surface area contributed by atoms with Crippen LogP contribution in [-0.4, -0.2) is 23.5 Å². The molecular weight excluding hydrogens is 312 g/mol. The summed E-state index contributed by atoms with van der Waals surface area (Å²) in [6.45, 7) is 0.712. The van der Waals surface area contributed by atoms with Gasteiger partial charge < -0.3 is 15.7 Å². The van der Waals surface area contributed by atoms with E-state index in [2.05, 4.69) is 10.6 Å². The highest BCUT2D eigenvalue weighted by molar-refractivity contribution is 7.07. The molecule has 1 heterocycles. The van der Waals surface area contributed by atoms with E-state index >= 15 is 0 Å². The Morgan fingerprint density at radius 2 is 2.10 bits per heavy atom. The number of halogens is 1. The number of amides is 1. The number of carboxylic acid groups (broad SMARTS) is 1. The zero-order valence-electron chi connectivity index (χ0n) is 10.9. The number of carbonyl (C=O) groups is 2. The molecule has 0 atom stereocenters. The Balaban J connectivity index is 1.90. The number of hydrogen-bond donors (Lipinski definition) is 3. The predicted octanol–water partition coefficient (Wildman–Crippen LogP) is 2.83. The van der Waals surface area contributed by atoms with E-state index in [0.717, 1.165) is 5.56 Å². The minimum absolute atomic E-state index is 0.0703. The standard InChI is InChI=1S/C14H13ClN2O3S/c15-11-2-1-10(14(19)20)5-12(11)17-13(18)7-16-6-9-3-4-21-8-9/h1-5,8,16H,6-7H2,(H,17,18)(H,19,20). The first-order valence-corrected chi connectivity index (χ1v) is 7.43. The molecule has 2 rings (SSSR count). The molecule has 1 amide bonds. The molecule has 0 spiro atoms. The van der Waals surface area contributed by atoms with E-state index in [-0.39, 0.29) is 18.0 Å². The fourth-order valence-corrected chi connectivity index (χ4v) is 2.50. The van der Waals surface area contributed by atoms with Crippen LogP contribution in [0.3, 0.4) is 0 Å². The lowest BCUT2D eigenvalue weighted by atomic mass is 10.2. The quantitative estimate of drug-likeness (QED) is 0.763. The highest BCUT2D eigenvalue weighted by Gasteiger charge is 2.10. The van der Waals surface area contributed by atoms with Gasteiger partial charge in [0.1, 0.15) is 0 Å². The van der Waals surface area contributed by atoms with E-state index in [1.165, 1.54) is 18.2 Å². The van der Waals surface area contributed by atoms with Crippen molar-refractivity contribution in [3.63, 3.8) is 0 Å². The van der Waals surface area contributed by atoms with Crippen molar-refractivity contribution in [1.29, 1.82) is 0 Å². The summed E-state index contributed by atoms with van der Waals surface area (Å²) in [5, 5.41) is 18.8. The van der Waals surface area contributed by atoms with Gasteiger partial charge >= 0.3 is 5.97 Å². The van der Waals surface area contributed by atoms with Gasteiger partial charge in [-0.2, -0.15) is 11.3 Å². The second kappa shape index (κ2) is 7.21. The van der Waals surface area contributed by atoms with Gasteiger partial charge in [-0.1, -0.05) is 11.6 Å². The summed E-state index contributed by atoms with van der Waals surface area (Å²) < 4.78 is 0. The highest BCUT2D eigenvalue weighted by Crippen LogP contribution is 2.23. The summed E-state index contributed by atoms with van der Waals surface area (Å²) in [4.78, 5) is 22.7. The molecule has 3 N–H and O–H groups in total. The van der Waals surface area contributed by atoms with Crippen LogP contribution in [-0.2, 0) is 11.3 Å². The molecule has 0 radical (unpaired) electrons. The highest BCUT2D eigenvalue weighted by atomic mass is 35.5. The van der Waals surface area contributed by atoms with E-state index in [4.69, 9.17) is 16.7 Å². The number of rotatable bonds is 6. The first-order valence-electron chi connectivity index (χ1n) is 6.11.